The molecule has 0 amide bonds. The van der Waals surface area contributed by atoms with Crippen molar-refractivity contribution in [1.29, 1.82) is 0 Å². The van der Waals surface area contributed by atoms with E-state index in [1.807, 2.05) is 0 Å². The van der Waals surface area contributed by atoms with Crippen molar-refractivity contribution >= 4 is 0 Å². The van der Waals surface area contributed by atoms with Gasteiger partial charge in [0, 0.05) is 12.6 Å². The Bertz CT molecular complexity index is 282. The van der Waals surface area contributed by atoms with Crippen LogP contribution in [0.5, 0.6) is 0 Å². The van der Waals surface area contributed by atoms with Crippen molar-refractivity contribution in [3.8, 4) is 0 Å². The zero-order chi connectivity index (χ0) is 12.5. The Labute approximate surface area is 106 Å². The maximum Gasteiger partial charge on any atom is 0.0164 e. The standard InChI is InChI=1S/C15H26N2/c1-13(2)11-16-12-14(3)17-10-9-15-7-5-4-6-8-15/h4-8,13-14,16-17H,9-12H2,1-3H3. The number of hydrogen-bond donors (Lipinski definition) is 2. The van der Waals surface area contributed by atoms with Crippen LogP contribution in [0.25, 0.3) is 0 Å². The molecule has 0 bridgehead atoms. The number of nitrogens with one attached hydrogen (secondary N) is 2. The van der Waals surface area contributed by atoms with Crippen LogP contribution in [0.2, 0.25) is 0 Å². The maximum absolute atomic E-state index is 3.54. The van der Waals surface area contributed by atoms with Crippen molar-refractivity contribution in [2.75, 3.05) is 19.6 Å². The van der Waals surface area contributed by atoms with E-state index in [0.29, 0.717) is 6.04 Å². The predicted molar refractivity (Wildman–Crippen MR) is 75.3 cm³/mol. The molecule has 0 aliphatic rings. The summed E-state index contributed by atoms with van der Waals surface area (Å²) in [6, 6.07) is 11.2. The lowest BCUT2D eigenvalue weighted by Crippen LogP contribution is -2.38. The molecule has 1 unspecified atom stereocenters. The molecule has 1 atom stereocenters. The van der Waals surface area contributed by atoms with Crippen LogP contribution >= 0.6 is 0 Å². The predicted octanol–water partition coefficient (Wildman–Crippen LogP) is 2.45. The molecule has 96 valence electrons. The minimum atomic E-state index is 0.539. The lowest BCUT2D eigenvalue weighted by Gasteiger charge is -2.15. The molecular formula is C15H26N2. The lowest BCUT2D eigenvalue weighted by atomic mass is 10.1. The van der Waals surface area contributed by atoms with Crippen molar-refractivity contribution < 1.29 is 0 Å². The second-order valence-electron chi connectivity index (χ2n) is 5.14. The Morgan fingerprint density at radius 2 is 1.71 bits per heavy atom. The van der Waals surface area contributed by atoms with Gasteiger partial charge in [-0.05, 0) is 37.9 Å². The zero-order valence-electron chi connectivity index (χ0n) is 11.4. The SMILES string of the molecule is CC(C)CNCC(C)NCCc1ccccc1. The summed E-state index contributed by atoms with van der Waals surface area (Å²) in [4.78, 5) is 0. The van der Waals surface area contributed by atoms with E-state index in [-0.39, 0.29) is 0 Å². The molecule has 17 heavy (non-hydrogen) atoms. The van der Waals surface area contributed by atoms with Crippen LogP contribution in [0.3, 0.4) is 0 Å². The van der Waals surface area contributed by atoms with Gasteiger partial charge in [-0.15, -0.1) is 0 Å². The third kappa shape index (κ3) is 7.14. The van der Waals surface area contributed by atoms with Gasteiger partial charge in [0.25, 0.3) is 0 Å². The molecule has 0 spiro atoms. The largest absolute Gasteiger partial charge is 0.315 e. The van der Waals surface area contributed by atoms with Gasteiger partial charge < -0.3 is 10.6 Å². The summed E-state index contributed by atoms with van der Waals surface area (Å²) in [7, 11) is 0. The fourth-order valence-corrected chi connectivity index (χ4v) is 1.77. The second-order valence-corrected chi connectivity index (χ2v) is 5.14. The molecule has 1 rings (SSSR count). The van der Waals surface area contributed by atoms with Gasteiger partial charge in [0.1, 0.15) is 0 Å². The van der Waals surface area contributed by atoms with E-state index >= 15 is 0 Å². The highest BCUT2D eigenvalue weighted by molar-refractivity contribution is 5.14. The minimum absolute atomic E-state index is 0.539. The smallest absolute Gasteiger partial charge is 0.0164 e. The summed E-state index contributed by atoms with van der Waals surface area (Å²) < 4.78 is 0. The molecule has 2 N–H and O–H groups in total. The third-order valence-electron chi connectivity index (χ3n) is 2.75. The van der Waals surface area contributed by atoms with E-state index in [2.05, 4.69) is 61.7 Å². The highest BCUT2D eigenvalue weighted by atomic mass is 15.0. The quantitative estimate of drug-likeness (QED) is 0.722. The summed E-state index contributed by atoms with van der Waals surface area (Å²) in [5.41, 5.74) is 1.40. The Kier molecular flexibility index (Phi) is 6.90. The summed E-state index contributed by atoms with van der Waals surface area (Å²) >= 11 is 0. The van der Waals surface area contributed by atoms with Gasteiger partial charge >= 0.3 is 0 Å². The van der Waals surface area contributed by atoms with Gasteiger partial charge in [-0.25, -0.2) is 0 Å². The molecule has 2 heteroatoms. The Hall–Kier alpha value is -0.860. The van der Waals surface area contributed by atoms with Gasteiger partial charge in [-0.3, -0.25) is 0 Å². The average molecular weight is 234 g/mol. The van der Waals surface area contributed by atoms with E-state index in [1.165, 1.54) is 5.56 Å². The third-order valence-corrected chi connectivity index (χ3v) is 2.75. The maximum atomic E-state index is 3.54. The molecule has 1 aromatic carbocycles. The molecule has 0 radical (unpaired) electrons. The summed E-state index contributed by atoms with van der Waals surface area (Å²) in [6.45, 7) is 9.91. The fourth-order valence-electron chi connectivity index (χ4n) is 1.77. The first-order valence-electron chi connectivity index (χ1n) is 6.66. The van der Waals surface area contributed by atoms with E-state index < -0.39 is 0 Å². The van der Waals surface area contributed by atoms with Crippen molar-refractivity contribution in [1.82, 2.24) is 10.6 Å². The van der Waals surface area contributed by atoms with Crippen LogP contribution in [-0.2, 0) is 6.42 Å². The van der Waals surface area contributed by atoms with Crippen LogP contribution in [0.15, 0.2) is 30.3 Å². The van der Waals surface area contributed by atoms with Crippen LogP contribution in [0.1, 0.15) is 26.3 Å². The molecule has 0 aliphatic carbocycles. The average Bonchev–Trinajstić information content (AvgIpc) is 2.30. The molecule has 1 aromatic rings. The van der Waals surface area contributed by atoms with Crippen LogP contribution in [0.4, 0.5) is 0 Å². The second kappa shape index (κ2) is 8.26. The number of hydrogen-bond acceptors (Lipinski definition) is 2. The lowest BCUT2D eigenvalue weighted by molar-refractivity contribution is 0.474. The first-order valence-corrected chi connectivity index (χ1v) is 6.66. The number of benzene rings is 1. The molecule has 0 fully saturated rings. The van der Waals surface area contributed by atoms with E-state index in [1.54, 1.807) is 0 Å². The first kappa shape index (κ1) is 14.2. The highest BCUT2D eigenvalue weighted by Crippen LogP contribution is 1.98. The summed E-state index contributed by atoms with van der Waals surface area (Å²) in [6.07, 6.45) is 1.11. The normalized spacial score (nSPS) is 12.9. The molecule has 0 heterocycles. The fraction of sp³-hybridized carbons (Fsp3) is 0.600. The van der Waals surface area contributed by atoms with E-state index in [9.17, 15) is 0 Å². The molecular weight excluding hydrogens is 208 g/mol. The monoisotopic (exact) mass is 234 g/mol. The summed E-state index contributed by atoms with van der Waals surface area (Å²) in [5, 5.41) is 7.01. The van der Waals surface area contributed by atoms with Crippen molar-refractivity contribution in [2.24, 2.45) is 5.92 Å². The van der Waals surface area contributed by atoms with E-state index in [4.69, 9.17) is 0 Å². The molecule has 0 saturated heterocycles. The van der Waals surface area contributed by atoms with Gasteiger partial charge in [0.05, 0.1) is 0 Å². The summed E-state index contributed by atoms with van der Waals surface area (Å²) in [5.74, 6) is 0.728. The van der Waals surface area contributed by atoms with E-state index in [0.717, 1.165) is 32.0 Å². The van der Waals surface area contributed by atoms with Crippen LogP contribution in [-0.4, -0.2) is 25.7 Å². The van der Waals surface area contributed by atoms with Gasteiger partial charge in [-0.2, -0.15) is 0 Å². The Balaban J connectivity index is 2.06. The molecule has 0 aliphatic heterocycles. The Morgan fingerprint density at radius 3 is 2.35 bits per heavy atom. The molecule has 0 saturated carbocycles. The highest BCUT2D eigenvalue weighted by Gasteiger charge is 2.01. The Morgan fingerprint density at radius 1 is 1.00 bits per heavy atom. The number of rotatable bonds is 8. The minimum Gasteiger partial charge on any atom is -0.315 e. The van der Waals surface area contributed by atoms with Crippen molar-refractivity contribution in [2.45, 2.75) is 33.2 Å². The topological polar surface area (TPSA) is 24.1 Å². The van der Waals surface area contributed by atoms with Crippen LogP contribution in [0, 0.1) is 5.92 Å². The van der Waals surface area contributed by atoms with Crippen molar-refractivity contribution in [3.63, 3.8) is 0 Å². The van der Waals surface area contributed by atoms with Crippen molar-refractivity contribution in [3.05, 3.63) is 35.9 Å². The zero-order valence-corrected chi connectivity index (χ0v) is 11.4. The van der Waals surface area contributed by atoms with Gasteiger partial charge in [-0.1, -0.05) is 44.2 Å². The van der Waals surface area contributed by atoms with Gasteiger partial charge in [0.15, 0.2) is 0 Å². The van der Waals surface area contributed by atoms with Crippen LogP contribution < -0.4 is 10.6 Å². The molecule has 0 aromatic heterocycles. The first-order chi connectivity index (χ1) is 8.18. The molecule has 2 nitrogen and oxygen atoms in total. The van der Waals surface area contributed by atoms with Gasteiger partial charge in [0.2, 0.25) is 0 Å².